The monoisotopic (exact) mass is 389 g/mol. The number of aromatic nitrogens is 2. The van der Waals surface area contributed by atoms with Gasteiger partial charge in [0.1, 0.15) is 18.5 Å². The molecular formula is C15H14F3N3O4S. The predicted molar refractivity (Wildman–Crippen MR) is 85.9 cm³/mol. The average Bonchev–Trinajstić information content (AvgIpc) is 3.04. The zero-order valence-corrected chi connectivity index (χ0v) is 14.3. The van der Waals surface area contributed by atoms with Gasteiger partial charge >= 0.3 is 12.2 Å². The van der Waals surface area contributed by atoms with Gasteiger partial charge in [0.25, 0.3) is 5.16 Å². The standard InChI is InChI=1S/C15H14F3N3O4S/c1-14(8-20-12(21(22)23)6-19-13(20)26-14)9-24-7-10-2-4-11(5-3-10)25-15(16,17)18/h2-6H,7-9H2,1H3. The summed E-state index contributed by atoms with van der Waals surface area (Å²) in [5, 5.41) is 11.5. The summed E-state index contributed by atoms with van der Waals surface area (Å²) < 4.78 is 47.0. The molecule has 0 bridgehead atoms. The Kier molecular flexibility index (Phi) is 4.84. The first-order valence-corrected chi connectivity index (χ1v) is 8.28. The van der Waals surface area contributed by atoms with Gasteiger partial charge in [-0.05, 0) is 41.3 Å². The third-order valence-corrected chi connectivity index (χ3v) is 4.90. The zero-order chi connectivity index (χ0) is 18.9. The molecule has 1 aromatic heterocycles. The highest BCUT2D eigenvalue weighted by Crippen LogP contribution is 2.42. The second-order valence-electron chi connectivity index (χ2n) is 5.98. The van der Waals surface area contributed by atoms with Gasteiger partial charge in [0.15, 0.2) is 0 Å². The number of hydrogen-bond donors (Lipinski definition) is 0. The Bertz CT molecular complexity index is 809. The quantitative estimate of drug-likeness (QED) is 0.553. The molecule has 1 aliphatic heterocycles. The summed E-state index contributed by atoms with van der Waals surface area (Å²) >= 11 is 1.40. The van der Waals surface area contributed by atoms with Crippen molar-refractivity contribution in [2.45, 2.75) is 36.3 Å². The first-order valence-electron chi connectivity index (χ1n) is 7.47. The number of hydrogen-bond acceptors (Lipinski definition) is 6. The molecule has 0 radical (unpaired) electrons. The van der Waals surface area contributed by atoms with Crippen molar-refractivity contribution in [3.8, 4) is 5.75 Å². The fourth-order valence-electron chi connectivity index (χ4n) is 2.56. The van der Waals surface area contributed by atoms with E-state index in [0.29, 0.717) is 23.9 Å². The third-order valence-electron chi connectivity index (χ3n) is 3.65. The molecule has 11 heteroatoms. The van der Waals surface area contributed by atoms with Crippen LogP contribution >= 0.6 is 11.8 Å². The lowest BCUT2D eigenvalue weighted by atomic mass is 10.2. The zero-order valence-electron chi connectivity index (χ0n) is 13.5. The smallest absolute Gasteiger partial charge is 0.406 e. The molecule has 140 valence electrons. The maximum atomic E-state index is 12.1. The van der Waals surface area contributed by atoms with E-state index in [1.807, 2.05) is 6.92 Å². The summed E-state index contributed by atoms with van der Waals surface area (Å²) in [4.78, 5) is 14.5. The van der Waals surface area contributed by atoms with E-state index in [1.54, 1.807) is 0 Å². The summed E-state index contributed by atoms with van der Waals surface area (Å²) in [5.41, 5.74) is 0.690. The number of benzene rings is 1. The largest absolute Gasteiger partial charge is 0.573 e. The molecule has 0 fully saturated rings. The molecule has 0 saturated carbocycles. The maximum Gasteiger partial charge on any atom is 0.573 e. The number of nitro groups is 1. The van der Waals surface area contributed by atoms with Gasteiger partial charge in [0.2, 0.25) is 0 Å². The van der Waals surface area contributed by atoms with Crippen molar-refractivity contribution >= 4 is 17.6 Å². The number of nitrogens with zero attached hydrogens (tertiary/aromatic N) is 3. The van der Waals surface area contributed by atoms with Crippen LogP contribution in [-0.4, -0.2) is 32.2 Å². The Labute approximate surface area is 150 Å². The molecule has 0 amide bonds. The van der Waals surface area contributed by atoms with Crippen molar-refractivity contribution in [3.05, 3.63) is 46.1 Å². The minimum atomic E-state index is -4.72. The Morgan fingerprint density at radius 1 is 1.38 bits per heavy atom. The molecule has 26 heavy (non-hydrogen) atoms. The van der Waals surface area contributed by atoms with E-state index in [1.165, 1.54) is 46.8 Å². The van der Waals surface area contributed by atoms with Gasteiger partial charge in [-0.2, -0.15) is 4.57 Å². The lowest BCUT2D eigenvalue weighted by Crippen LogP contribution is -2.28. The van der Waals surface area contributed by atoms with Crippen LogP contribution in [0.4, 0.5) is 19.0 Å². The molecule has 1 unspecified atom stereocenters. The summed E-state index contributed by atoms with van der Waals surface area (Å²) in [6, 6.07) is 5.41. The SMILES string of the molecule is CC1(COCc2ccc(OC(F)(F)F)cc2)Cn2c([N+](=O)[O-])cnc2S1. The second kappa shape index (κ2) is 6.80. The summed E-state index contributed by atoms with van der Waals surface area (Å²) in [7, 11) is 0. The molecule has 0 saturated heterocycles. The van der Waals surface area contributed by atoms with Crippen molar-refractivity contribution in [2.24, 2.45) is 0 Å². The fourth-order valence-corrected chi connectivity index (χ4v) is 3.71. The van der Waals surface area contributed by atoms with Gasteiger partial charge in [-0.3, -0.25) is 0 Å². The van der Waals surface area contributed by atoms with Gasteiger partial charge < -0.3 is 19.6 Å². The van der Waals surface area contributed by atoms with Crippen molar-refractivity contribution in [1.29, 1.82) is 0 Å². The fraction of sp³-hybridized carbons (Fsp3) is 0.400. The topological polar surface area (TPSA) is 79.4 Å². The van der Waals surface area contributed by atoms with E-state index >= 15 is 0 Å². The van der Waals surface area contributed by atoms with E-state index < -0.39 is 16.0 Å². The molecule has 1 atom stereocenters. The van der Waals surface area contributed by atoms with Crippen LogP contribution in [0.1, 0.15) is 12.5 Å². The minimum Gasteiger partial charge on any atom is -0.406 e. The molecule has 7 nitrogen and oxygen atoms in total. The van der Waals surface area contributed by atoms with Gasteiger partial charge in [0, 0.05) is 0 Å². The number of rotatable bonds is 6. The Balaban J connectivity index is 1.53. The number of alkyl halides is 3. The van der Waals surface area contributed by atoms with Gasteiger partial charge in [-0.1, -0.05) is 12.1 Å². The lowest BCUT2D eigenvalue weighted by molar-refractivity contribution is -0.392. The Morgan fingerprint density at radius 2 is 2.08 bits per heavy atom. The van der Waals surface area contributed by atoms with Crippen molar-refractivity contribution in [1.82, 2.24) is 9.55 Å². The van der Waals surface area contributed by atoms with Crippen LogP contribution < -0.4 is 4.74 Å². The van der Waals surface area contributed by atoms with Crippen LogP contribution in [0.3, 0.4) is 0 Å². The van der Waals surface area contributed by atoms with E-state index in [9.17, 15) is 23.3 Å². The highest BCUT2D eigenvalue weighted by atomic mass is 32.2. The van der Waals surface area contributed by atoms with Crippen LogP contribution in [0.15, 0.2) is 35.6 Å². The van der Waals surface area contributed by atoms with Crippen molar-refractivity contribution in [3.63, 3.8) is 0 Å². The van der Waals surface area contributed by atoms with Crippen LogP contribution in [0.2, 0.25) is 0 Å². The Morgan fingerprint density at radius 3 is 2.69 bits per heavy atom. The third kappa shape index (κ3) is 4.28. The average molecular weight is 389 g/mol. The Hall–Kier alpha value is -2.27. The molecule has 0 aliphatic carbocycles. The molecule has 1 aliphatic rings. The van der Waals surface area contributed by atoms with Crippen LogP contribution in [0, 0.1) is 10.1 Å². The molecular weight excluding hydrogens is 375 g/mol. The van der Waals surface area contributed by atoms with Gasteiger partial charge in [-0.25, -0.2) is 4.98 Å². The first kappa shape index (κ1) is 18.5. The van der Waals surface area contributed by atoms with Crippen molar-refractivity contribution < 1.29 is 27.6 Å². The number of fused-ring (bicyclic) bond motifs is 1. The van der Waals surface area contributed by atoms with Crippen molar-refractivity contribution in [2.75, 3.05) is 6.61 Å². The second-order valence-corrected chi connectivity index (χ2v) is 7.53. The number of ether oxygens (including phenoxy) is 2. The lowest BCUT2D eigenvalue weighted by Gasteiger charge is -2.19. The molecule has 3 rings (SSSR count). The summed E-state index contributed by atoms with van der Waals surface area (Å²) in [6.07, 6.45) is -3.49. The molecule has 0 spiro atoms. The maximum absolute atomic E-state index is 12.1. The van der Waals surface area contributed by atoms with E-state index in [4.69, 9.17) is 4.74 Å². The number of thioether (sulfide) groups is 1. The molecule has 1 aromatic carbocycles. The molecule has 2 heterocycles. The highest BCUT2D eigenvalue weighted by molar-refractivity contribution is 8.00. The van der Waals surface area contributed by atoms with Crippen LogP contribution in [0.25, 0.3) is 0 Å². The van der Waals surface area contributed by atoms with Crippen LogP contribution in [-0.2, 0) is 17.9 Å². The summed E-state index contributed by atoms with van der Waals surface area (Å²) in [6.45, 7) is 2.81. The molecule has 2 aromatic rings. The van der Waals surface area contributed by atoms with E-state index in [2.05, 4.69) is 9.72 Å². The first-order chi connectivity index (χ1) is 12.2. The highest BCUT2D eigenvalue weighted by Gasteiger charge is 2.42. The summed E-state index contributed by atoms with van der Waals surface area (Å²) in [5.74, 6) is -0.353. The minimum absolute atomic E-state index is 0.0588. The van der Waals surface area contributed by atoms with Gasteiger partial charge in [0.05, 0.1) is 18.0 Å². The predicted octanol–water partition coefficient (Wildman–Crippen LogP) is 3.77. The number of halogens is 3. The van der Waals surface area contributed by atoms with Crippen LogP contribution in [0.5, 0.6) is 5.75 Å². The van der Waals surface area contributed by atoms with E-state index in [0.717, 1.165) is 0 Å². The van der Waals surface area contributed by atoms with E-state index in [-0.39, 0.29) is 18.2 Å². The molecule has 0 N–H and O–H groups in total. The van der Waals surface area contributed by atoms with Gasteiger partial charge in [-0.15, -0.1) is 13.2 Å². The number of imidazole rings is 1. The normalized spacial score (nSPS) is 19.4.